The maximum absolute atomic E-state index is 12.0. The molecule has 2 N–H and O–H groups in total. The summed E-state index contributed by atoms with van der Waals surface area (Å²) in [5.41, 5.74) is 2.46. The lowest BCUT2D eigenvalue weighted by Crippen LogP contribution is -2.53. The fourth-order valence-corrected chi connectivity index (χ4v) is 3.18. The number of carbonyl (C=O) groups is 1. The number of likely N-dealkylation sites (tertiary alicyclic amines) is 1. The Morgan fingerprint density at radius 3 is 2.60 bits per heavy atom. The highest BCUT2D eigenvalue weighted by atomic mass is 16.5. The fourth-order valence-electron chi connectivity index (χ4n) is 3.18. The van der Waals surface area contributed by atoms with Crippen LogP contribution in [-0.2, 0) is 11.3 Å². The normalized spacial score (nSPS) is 17.4. The van der Waals surface area contributed by atoms with Gasteiger partial charge in [-0.15, -0.1) is 0 Å². The van der Waals surface area contributed by atoms with Crippen LogP contribution in [0.5, 0.6) is 5.75 Å². The first-order valence-electron chi connectivity index (χ1n) is 8.47. The number of carboxylic acid groups (broad SMARTS) is 1. The first kappa shape index (κ1) is 17.4. The van der Waals surface area contributed by atoms with Crippen LogP contribution in [0.25, 0.3) is 0 Å². The Labute approximate surface area is 147 Å². The Bertz CT molecular complexity index is 763. The van der Waals surface area contributed by atoms with Gasteiger partial charge in [-0.1, -0.05) is 0 Å². The molecule has 0 saturated carbocycles. The van der Waals surface area contributed by atoms with Gasteiger partial charge in [-0.05, 0) is 32.9 Å². The topological polar surface area (TPSA) is 91.3 Å². The Kier molecular flexibility index (Phi) is 4.76. The van der Waals surface area contributed by atoms with Crippen LogP contribution in [-0.4, -0.2) is 49.6 Å². The maximum Gasteiger partial charge on any atom is 0.348 e. The fraction of sp³-hybridized carbons (Fsp3) is 0.500. The van der Waals surface area contributed by atoms with E-state index in [0.29, 0.717) is 31.7 Å². The van der Waals surface area contributed by atoms with E-state index in [9.17, 15) is 9.90 Å². The second kappa shape index (κ2) is 6.84. The summed E-state index contributed by atoms with van der Waals surface area (Å²) in [7, 11) is 0. The zero-order valence-corrected chi connectivity index (χ0v) is 14.9. The summed E-state index contributed by atoms with van der Waals surface area (Å²) in [5.74, 6) is -0.368. The van der Waals surface area contributed by atoms with E-state index in [2.05, 4.69) is 19.9 Å². The van der Waals surface area contributed by atoms with Crippen molar-refractivity contribution < 1.29 is 14.6 Å². The minimum Gasteiger partial charge on any atom is -0.478 e. The third-order valence-corrected chi connectivity index (χ3v) is 4.84. The van der Waals surface area contributed by atoms with Gasteiger partial charge in [-0.25, -0.2) is 9.78 Å². The monoisotopic (exact) mass is 344 g/mol. The first-order chi connectivity index (χ1) is 11.9. The minimum atomic E-state index is -1.20. The summed E-state index contributed by atoms with van der Waals surface area (Å²) in [5, 5.41) is 9.80. The molecule has 3 rings (SSSR count). The van der Waals surface area contributed by atoms with Crippen LogP contribution in [0, 0.1) is 20.8 Å². The van der Waals surface area contributed by atoms with Crippen molar-refractivity contribution in [1.82, 2.24) is 19.9 Å². The summed E-state index contributed by atoms with van der Waals surface area (Å²) in [4.78, 5) is 25.9. The van der Waals surface area contributed by atoms with Crippen LogP contribution in [0.15, 0.2) is 18.5 Å². The van der Waals surface area contributed by atoms with E-state index in [-0.39, 0.29) is 0 Å². The van der Waals surface area contributed by atoms with Gasteiger partial charge in [0.2, 0.25) is 5.60 Å². The molecule has 1 saturated heterocycles. The summed E-state index contributed by atoms with van der Waals surface area (Å²) in [6.45, 7) is 7.75. The van der Waals surface area contributed by atoms with Gasteiger partial charge >= 0.3 is 5.97 Å². The van der Waals surface area contributed by atoms with Crippen molar-refractivity contribution in [1.29, 1.82) is 0 Å². The molecular weight excluding hydrogens is 320 g/mol. The highest BCUT2D eigenvalue weighted by Gasteiger charge is 2.44. The molecule has 1 aliphatic rings. The molecule has 0 bridgehead atoms. The van der Waals surface area contributed by atoms with Gasteiger partial charge in [0.05, 0.1) is 17.7 Å². The van der Waals surface area contributed by atoms with Crippen molar-refractivity contribution in [2.24, 2.45) is 0 Å². The van der Waals surface area contributed by atoms with Crippen LogP contribution in [0.1, 0.15) is 35.6 Å². The number of carboxylic acids is 1. The van der Waals surface area contributed by atoms with Crippen LogP contribution >= 0.6 is 0 Å². The van der Waals surface area contributed by atoms with Gasteiger partial charge in [0.1, 0.15) is 5.75 Å². The van der Waals surface area contributed by atoms with E-state index in [4.69, 9.17) is 4.74 Å². The number of aromatic nitrogens is 3. The number of pyridine rings is 1. The van der Waals surface area contributed by atoms with E-state index in [1.807, 2.05) is 32.9 Å². The molecule has 0 spiro atoms. The van der Waals surface area contributed by atoms with Crippen molar-refractivity contribution in [3.8, 4) is 5.75 Å². The summed E-state index contributed by atoms with van der Waals surface area (Å²) >= 11 is 0. The van der Waals surface area contributed by atoms with Gasteiger partial charge in [0, 0.05) is 43.9 Å². The van der Waals surface area contributed by atoms with Crippen molar-refractivity contribution in [3.63, 3.8) is 0 Å². The molecule has 1 aliphatic heterocycles. The Morgan fingerprint density at radius 1 is 1.32 bits per heavy atom. The maximum atomic E-state index is 12.0. The summed E-state index contributed by atoms with van der Waals surface area (Å²) < 4.78 is 5.99. The number of rotatable bonds is 5. The van der Waals surface area contributed by atoms with E-state index in [1.54, 1.807) is 6.33 Å². The number of aromatic amines is 1. The number of piperidine rings is 1. The number of aliphatic carboxylic acids is 1. The predicted molar refractivity (Wildman–Crippen MR) is 92.5 cm³/mol. The highest BCUT2D eigenvalue weighted by Crippen LogP contribution is 2.31. The summed E-state index contributed by atoms with van der Waals surface area (Å²) in [6, 6.07) is 3.65. The Morgan fingerprint density at radius 2 is 2.04 bits per heavy atom. The van der Waals surface area contributed by atoms with Crippen LogP contribution in [0.3, 0.4) is 0 Å². The van der Waals surface area contributed by atoms with Gasteiger partial charge in [0.25, 0.3) is 0 Å². The molecule has 25 heavy (non-hydrogen) atoms. The van der Waals surface area contributed by atoms with Crippen molar-refractivity contribution in [2.45, 2.75) is 45.8 Å². The Hall–Kier alpha value is -2.41. The number of nitrogens with zero attached hydrogens (tertiary/aromatic N) is 3. The lowest BCUT2D eigenvalue weighted by molar-refractivity contribution is -0.160. The molecular formula is C18H24N4O3. The quantitative estimate of drug-likeness (QED) is 0.864. The third kappa shape index (κ3) is 3.66. The first-order valence-corrected chi connectivity index (χ1v) is 8.47. The van der Waals surface area contributed by atoms with Gasteiger partial charge in [-0.2, -0.15) is 0 Å². The van der Waals surface area contributed by atoms with E-state index in [1.165, 1.54) is 0 Å². The van der Waals surface area contributed by atoms with E-state index in [0.717, 1.165) is 29.3 Å². The van der Waals surface area contributed by atoms with Crippen molar-refractivity contribution >= 4 is 5.97 Å². The van der Waals surface area contributed by atoms with Crippen LogP contribution in [0.4, 0.5) is 0 Å². The number of aryl methyl sites for hydroxylation is 3. The SMILES string of the molecule is Cc1ccc(OC2(C(=O)O)CCN(Cc3nc[nH]c3C)CC2)c(C)n1. The average Bonchev–Trinajstić information content (AvgIpc) is 2.97. The predicted octanol–water partition coefficient (Wildman–Crippen LogP) is 2.23. The third-order valence-electron chi connectivity index (χ3n) is 4.84. The lowest BCUT2D eigenvalue weighted by Gasteiger charge is -2.38. The molecule has 7 nitrogen and oxygen atoms in total. The van der Waals surface area contributed by atoms with Crippen LogP contribution < -0.4 is 4.74 Å². The molecule has 0 aliphatic carbocycles. The van der Waals surface area contributed by atoms with Crippen LogP contribution in [0.2, 0.25) is 0 Å². The highest BCUT2D eigenvalue weighted by molar-refractivity contribution is 5.78. The van der Waals surface area contributed by atoms with E-state index < -0.39 is 11.6 Å². The molecule has 0 atom stereocenters. The van der Waals surface area contributed by atoms with Gasteiger partial charge in [-0.3, -0.25) is 9.88 Å². The molecule has 7 heteroatoms. The smallest absolute Gasteiger partial charge is 0.348 e. The second-order valence-electron chi connectivity index (χ2n) is 6.69. The second-order valence-corrected chi connectivity index (χ2v) is 6.69. The largest absolute Gasteiger partial charge is 0.478 e. The van der Waals surface area contributed by atoms with E-state index >= 15 is 0 Å². The molecule has 3 heterocycles. The molecule has 2 aromatic rings. The standard InChI is InChI=1S/C18H24N4O3/c1-12-4-5-16(14(3)21-12)25-18(17(23)24)6-8-22(9-7-18)10-15-13(2)19-11-20-15/h4-5,11H,6-10H2,1-3H3,(H,19,20)(H,23,24). The van der Waals surface area contributed by atoms with Gasteiger partial charge < -0.3 is 14.8 Å². The van der Waals surface area contributed by atoms with Crippen molar-refractivity contribution in [2.75, 3.05) is 13.1 Å². The molecule has 0 amide bonds. The van der Waals surface area contributed by atoms with Crippen molar-refractivity contribution in [3.05, 3.63) is 41.2 Å². The number of ether oxygens (including phenoxy) is 1. The molecule has 134 valence electrons. The van der Waals surface area contributed by atoms with Gasteiger partial charge in [0.15, 0.2) is 0 Å². The zero-order valence-electron chi connectivity index (χ0n) is 14.9. The molecule has 2 aromatic heterocycles. The number of H-pyrrole nitrogens is 1. The molecule has 1 fully saturated rings. The number of hydrogen-bond acceptors (Lipinski definition) is 5. The molecule has 0 unspecified atom stereocenters. The average molecular weight is 344 g/mol. The number of hydrogen-bond donors (Lipinski definition) is 2. The number of imidazole rings is 1. The lowest BCUT2D eigenvalue weighted by atomic mass is 9.91. The number of nitrogens with one attached hydrogen (secondary N) is 1. The molecule has 0 aromatic carbocycles. The molecule has 0 radical (unpaired) electrons. The Balaban J connectivity index is 1.70. The summed E-state index contributed by atoms with van der Waals surface area (Å²) in [6.07, 6.45) is 2.55. The zero-order chi connectivity index (χ0) is 18.0. The minimum absolute atomic E-state index is 0.430.